The van der Waals surface area contributed by atoms with Crippen LogP contribution in [0.25, 0.3) is 0 Å². The highest BCUT2D eigenvalue weighted by Gasteiger charge is 2.41. The molecule has 1 aromatic rings. The van der Waals surface area contributed by atoms with Crippen molar-refractivity contribution in [2.45, 2.75) is 53.9 Å². The first-order valence-electron chi connectivity index (χ1n) is 10.7. The Morgan fingerprint density at radius 3 is 2.59 bits per heavy atom. The fraction of sp³-hybridized carbons (Fsp3) is 0.480. The quantitative estimate of drug-likeness (QED) is 0.400. The number of aliphatic carboxylic acids is 1. The number of Topliss-reactive ketones (excluding diaryl/α,β-unsaturated/α-hetero) is 1. The predicted octanol–water partition coefficient (Wildman–Crippen LogP) is 5.32. The maximum absolute atomic E-state index is 12.2. The van der Waals surface area contributed by atoms with Crippen LogP contribution in [0.3, 0.4) is 0 Å². The lowest BCUT2D eigenvalue weighted by atomic mass is 9.61. The van der Waals surface area contributed by atoms with E-state index in [0.717, 1.165) is 12.0 Å². The molecule has 32 heavy (non-hydrogen) atoms. The molecule has 1 fully saturated rings. The van der Waals surface area contributed by atoms with Crippen LogP contribution in [0.2, 0.25) is 5.02 Å². The molecule has 0 amide bonds. The molecule has 0 heterocycles. The van der Waals surface area contributed by atoms with Gasteiger partial charge in [-0.15, -0.1) is 0 Å². The van der Waals surface area contributed by atoms with Gasteiger partial charge in [-0.05, 0) is 43.6 Å². The van der Waals surface area contributed by atoms with Crippen LogP contribution in [-0.4, -0.2) is 34.9 Å². The highest BCUT2D eigenvalue weighted by molar-refractivity contribution is 6.33. The summed E-state index contributed by atoms with van der Waals surface area (Å²) in [7, 11) is 0. The smallest absolute Gasteiger partial charge is 0.341 e. The third kappa shape index (κ3) is 5.23. The summed E-state index contributed by atoms with van der Waals surface area (Å²) in [5.41, 5.74) is 1.25. The van der Waals surface area contributed by atoms with Crippen LogP contribution in [0.1, 0.15) is 62.0 Å². The number of ketones is 1. The van der Waals surface area contributed by atoms with E-state index < -0.39 is 12.6 Å². The van der Waals surface area contributed by atoms with Crippen LogP contribution in [0.15, 0.2) is 23.8 Å². The van der Waals surface area contributed by atoms with Gasteiger partial charge in [0, 0.05) is 17.9 Å². The first-order chi connectivity index (χ1) is 14.9. The number of aldehydes is 1. The van der Waals surface area contributed by atoms with E-state index in [0.29, 0.717) is 24.2 Å². The van der Waals surface area contributed by atoms with Gasteiger partial charge in [0.25, 0.3) is 0 Å². The minimum absolute atomic E-state index is 0.0464. The van der Waals surface area contributed by atoms with Crippen LogP contribution < -0.4 is 4.74 Å². The molecule has 0 radical (unpaired) electrons. The molecule has 3 unspecified atom stereocenters. The second-order valence-corrected chi connectivity index (χ2v) is 9.17. The molecule has 2 N–H and O–H groups in total. The third-order valence-corrected chi connectivity index (χ3v) is 7.30. The normalized spacial score (nSPS) is 24.1. The number of hydrogen-bond acceptors (Lipinski definition) is 5. The van der Waals surface area contributed by atoms with E-state index in [2.05, 4.69) is 19.9 Å². The van der Waals surface area contributed by atoms with Crippen molar-refractivity contribution in [3.05, 3.63) is 45.5 Å². The molecule has 0 spiro atoms. The topological polar surface area (TPSA) is 101 Å². The lowest BCUT2D eigenvalue weighted by molar-refractivity contribution is -0.139. The number of carboxylic acid groups (broad SMARTS) is 1. The van der Waals surface area contributed by atoms with E-state index in [1.165, 1.54) is 0 Å². The second-order valence-electron chi connectivity index (χ2n) is 8.79. The van der Waals surface area contributed by atoms with Crippen LogP contribution in [0.5, 0.6) is 11.5 Å². The number of hydrogen-bond donors (Lipinski definition) is 2. The fourth-order valence-electron chi connectivity index (χ4n) is 4.10. The van der Waals surface area contributed by atoms with Gasteiger partial charge in [-0.3, -0.25) is 9.59 Å². The summed E-state index contributed by atoms with van der Waals surface area (Å²) in [6, 6.07) is 0. The summed E-state index contributed by atoms with van der Waals surface area (Å²) >= 11 is 6.33. The molecule has 0 saturated heterocycles. The van der Waals surface area contributed by atoms with Crippen molar-refractivity contribution in [3.8, 4) is 11.5 Å². The minimum Gasteiger partial charge on any atom is -0.507 e. The second kappa shape index (κ2) is 10.3. The number of carbonyl (C=O) groups is 3. The van der Waals surface area contributed by atoms with Gasteiger partial charge in [-0.1, -0.05) is 56.2 Å². The van der Waals surface area contributed by atoms with Gasteiger partial charge in [0.1, 0.15) is 17.3 Å². The number of benzene rings is 1. The zero-order chi connectivity index (χ0) is 24.2. The van der Waals surface area contributed by atoms with E-state index in [4.69, 9.17) is 21.4 Å². The van der Waals surface area contributed by atoms with Crippen molar-refractivity contribution in [1.29, 1.82) is 0 Å². The molecule has 0 bridgehead atoms. The zero-order valence-electron chi connectivity index (χ0n) is 19.2. The van der Waals surface area contributed by atoms with Crippen LogP contribution >= 0.6 is 11.6 Å². The molecule has 0 aliphatic heterocycles. The van der Waals surface area contributed by atoms with Crippen LogP contribution in [-0.2, 0) is 16.0 Å². The van der Waals surface area contributed by atoms with Gasteiger partial charge in [0.15, 0.2) is 12.9 Å². The highest BCUT2D eigenvalue weighted by atomic mass is 35.5. The Morgan fingerprint density at radius 1 is 1.34 bits per heavy atom. The molecule has 6 nitrogen and oxygen atoms in total. The van der Waals surface area contributed by atoms with E-state index in [1.54, 1.807) is 6.92 Å². The molecule has 7 heteroatoms. The van der Waals surface area contributed by atoms with Gasteiger partial charge in [0.05, 0.1) is 10.6 Å². The molecule has 0 aromatic heterocycles. The Bertz CT molecular complexity index is 977. The van der Waals surface area contributed by atoms with E-state index in [1.807, 2.05) is 26.0 Å². The van der Waals surface area contributed by atoms with E-state index >= 15 is 0 Å². The molecule has 1 aliphatic rings. The number of aromatic hydroxyl groups is 1. The van der Waals surface area contributed by atoms with Gasteiger partial charge in [-0.25, -0.2) is 4.79 Å². The number of phenolic OH excluding ortho intramolecular Hbond substituents is 1. The number of ether oxygens (including phenoxy) is 1. The number of phenols is 1. The monoisotopic (exact) mass is 462 g/mol. The number of rotatable bonds is 8. The molecule has 3 atom stereocenters. The maximum Gasteiger partial charge on any atom is 0.341 e. The summed E-state index contributed by atoms with van der Waals surface area (Å²) in [5.74, 6) is -0.835. The van der Waals surface area contributed by atoms with Gasteiger partial charge >= 0.3 is 5.97 Å². The summed E-state index contributed by atoms with van der Waals surface area (Å²) in [6.45, 7) is 9.05. The molecule has 1 aromatic carbocycles. The third-order valence-electron chi connectivity index (χ3n) is 6.84. The van der Waals surface area contributed by atoms with Crippen molar-refractivity contribution in [2.75, 3.05) is 6.61 Å². The Hall–Kier alpha value is -2.60. The van der Waals surface area contributed by atoms with Gasteiger partial charge < -0.3 is 14.9 Å². The average molecular weight is 463 g/mol. The van der Waals surface area contributed by atoms with Crippen molar-refractivity contribution >= 4 is 29.6 Å². The lowest BCUT2D eigenvalue weighted by Gasteiger charge is -2.42. The van der Waals surface area contributed by atoms with Crippen LogP contribution in [0.4, 0.5) is 0 Å². The van der Waals surface area contributed by atoms with E-state index in [-0.39, 0.29) is 51.2 Å². The number of carboxylic acids is 1. The van der Waals surface area contributed by atoms with Gasteiger partial charge in [-0.2, -0.15) is 0 Å². The Morgan fingerprint density at radius 2 is 2.00 bits per heavy atom. The number of halogens is 1. The summed E-state index contributed by atoms with van der Waals surface area (Å²) in [4.78, 5) is 34.7. The predicted molar refractivity (Wildman–Crippen MR) is 124 cm³/mol. The fourth-order valence-corrected chi connectivity index (χ4v) is 4.37. The molecule has 1 aliphatic carbocycles. The largest absolute Gasteiger partial charge is 0.507 e. The van der Waals surface area contributed by atoms with Gasteiger partial charge in [0.2, 0.25) is 0 Å². The summed E-state index contributed by atoms with van der Waals surface area (Å²) in [6.07, 6.45) is 8.04. The summed E-state index contributed by atoms with van der Waals surface area (Å²) in [5, 5.41) is 19.7. The van der Waals surface area contributed by atoms with Crippen molar-refractivity contribution < 1.29 is 29.3 Å². The maximum atomic E-state index is 12.2. The van der Waals surface area contributed by atoms with E-state index in [9.17, 15) is 19.5 Å². The first-order valence-corrected chi connectivity index (χ1v) is 11.0. The van der Waals surface area contributed by atoms with Crippen molar-refractivity contribution in [2.24, 2.45) is 17.3 Å². The Kier molecular flexibility index (Phi) is 8.29. The Labute approximate surface area is 193 Å². The van der Waals surface area contributed by atoms with Crippen molar-refractivity contribution in [3.63, 3.8) is 0 Å². The van der Waals surface area contributed by atoms with Crippen molar-refractivity contribution in [1.82, 2.24) is 0 Å². The Balaban J connectivity index is 2.37. The summed E-state index contributed by atoms with van der Waals surface area (Å²) < 4.78 is 5.34. The molecular formula is C25H31ClO6. The first kappa shape index (κ1) is 25.7. The molecular weight excluding hydrogens is 432 g/mol. The highest BCUT2D eigenvalue weighted by Crippen LogP contribution is 2.45. The number of allylic oxidation sites excluding steroid dienone is 4. The molecule has 2 rings (SSSR count). The standard InChI is InChI=1S/C25H31ClO6/c1-14(10-11-25(5)15(2)7-9-20(28)17(25)4)6-8-18-23(31)19(12-27)16(3)22(26)24(18)32-13-21(29)30/h6,10-12,15,17,31H,7-9,13H2,1-5H3,(H,29,30)/b11-10+,14-6+. The molecule has 1 saturated carbocycles. The minimum atomic E-state index is -1.18. The average Bonchev–Trinajstić information content (AvgIpc) is 2.74. The lowest BCUT2D eigenvalue weighted by Crippen LogP contribution is -2.40. The van der Waals surface area contributed by atoms with Crippen LogP contribution in [0, 0.1) is 24.2 Å². The SMILES string of the molecule is CC(/C=C/C1(C)C(C)CCC(=O)C1C)=C\Cc1c(O)c(C=O)c(C)c(Cl)c1OCC(=O)O. The number of carbonyl (C=O) groups excluding carboxylic acids is 2. The zero-order valence-corrected chi connectivity index (χ0v) is 20.0. The molecule has 174 valence electrons.